The summed E-state index contributed by atoms with van der Waals surface area (Å²) in [5.41, 5.74) is 1.50. The van der Waals surface area contributed by atoms with Crippen molar-refractivity contribution in [1.29, 1.82) is 0 Å². The van der Waals surface area contributed by atoms with Gasteiger partial charge in [-0.3, -0.25) is 4.79 Å². The molecule has 0 saturated carbocycles. The number of halogens is 1. The predicted octanol–water partition coefficient (Wildman–Crippen LogP) is 3.08. The van der Waals surface area contributed by atoms with Crippen LogP contribution in [0.3, 0.4) is 0 Å². The Balaban J connectivity index is 2.93. The van der Waals surface area contributed by atoms with Crippen LogP contribution in [-0.2, 0) is 9.53 Å². The van der Waals surface area contributed by atoms with Gasteiger partial charge in [0.25, 0.3) is 5.91 Å². The first-order chi connectivity index (χ1) is 9.38. The van der Waals surface area contributed by atoms with Gasteiger partial charge < -0.3 is 10.1 Å². The van der Waals surface area contributed by atoms with Crippen LogP contribution in [-0.4, -0.2) is 25.0 Å². The zero-order valence-electron chi connectivity index (χ0n) is 12.2. The lowest BCUT2D eigenvalue weighted by Gasteiger charge is -2.22. The van der Waals surface area contributed by atoms with Gasteiger partial charge in [-0.2, -0.15) is 0 Å². The van der Waals surface area contributed by atoms with Crippen LogP contribution < -0.4 is 5.32 Å². The molecule has 110 valence electrons. The van der Waals surface area contributed by atoms with E-state index >= 15 is 0 Å². The molecule has 2 unspecified atom stereocenters. The smallest absolute Gasteiger partial charge is 0.328 e. The van der Waals surface area contributed by atoms with Crippen molar-refractivity contribution in [1.82, 2.24) is 5.32 Å². The Kier molecular flexibility index (Phi) is 6.20. The highest BCUT2D eigenvalue weighted by Crippen LogP contribution is 2.16. The maximum absolute atomic E-state index is 12.3. The summed E-state index contributed by atoms with van der Waals surface area (Å²) >= 11 is 3.36. The minimum absolute atomic E-state index is 0.0136. The number of nitrogens with one attached hydrogen (secondary N) is 1. The van der Waals surface area contributed by atoms with Gasteiger partial charge >= 0.3 is 5.97 Å². The molecule has 0 aliphatic carbocycles. The lowest BCUT2D eigenvalue weighted by Crippen LogP contribution is -2.45. The van der Waals surface area contributed by atoms with Crippen molar-refractivity contribution in [2.45, 2.75) is 33.2 Å². The molecule has 0 fully saturated rings. The fourth-order valence-electron chi connectivity index (χ4n) is 1.89. The van der Waals surface area contributed by atoms with Crippen molar-refractivity contribution in [3.05, 3.63) is 33.8 Å². The largest absolute Gasteiger partial charge is 0.467 e. The molecule has 0 spiro atoms. The van der Waals surface area contributed by atoms with Gasteiger partial charge in [-0.15, -0.1) is 0 Å². The number of aryl methyl sites for hydroxylation is 1. The normalized spacial score (nSPS) is 13.4. The third kappa shape index (κ3) is 4.34. The predicted molar refractivity (Wildman–Crippen MR) is 81.6 cm³/mol. The summed E-state index contributed by atoms with van der Waals surface area (Å²) in [6.45, 7) is 5.79. The molecule has 1 aromatic rings. The SMILES string of the molecule is CCC(C)C(NC(=O)c1cc(C)cc(Br)c1)C(=O)OC. The van der Waals surface area contributed by atoms with E-state index in [0.29, 0.717) is 5.56 Å². The quantitative estimate of drug-likeness (QED) is 0.837. The molecule has 1 aromatic carbocycles. The Morgan fingerprint density at radius 1 is 1.35 bits per heavy atom. The number of benzene rings is 1. The van der Waals surface area contributed by atoms with Gasteiger partial charge in [-0.05, 0) is 36.6 Å². The van der Waals surface area contributed by atoms with Gasteiger partial charge in [0.05, 0.1) is 7.11 Å². The molecular formula is C15H20BrNO3. The third-order valence-corrected chi connectivity index (χ3v) is 3.72. The van der Waals surface area contributed by atoms with E-state index < -0.39 is 12.0 Å². The van der Waals surface area contributed by atoms with Crippen molar-refractivity contribution in [2.24, 2.45) is 5.92 Å². The van der Waals surface area contributed by atoms with E-state index in [0.717, 1.165) is 16.5 Å². The van der Waals surface area contributed by atoms with Crippen LogP contribution in [0.15, 0.2) is 22.7 Å². The van der Waals surface area contributed by atoms with E-state index in [1.54, 1.807) is 12.1 Å². The van der Waals surface area contributed by atoms with Crippen LogP contribution in [0, 0.1) is 12.8 Å². The van der Waals surface area contributed by atoms with Crippen molar-refractivity contribution in [3.8, 4) is 0 Å². The van der Waals surface area contributed by atoms with E-state index in [4.69, 9.17) is 4.74 Å². The number of esters is 1. The first-order valence-electron chi connectivity index (χ1n) is 6.55. The molecule has 0 aromatic heterocycles. The number of methoxy groups -OCH3 is 1. The van der Waals surface area contributed by atoms with Crippen molar-refractivity contribution in [2.75, 3.05) is 7.11 Å². The molecule has 0 radical (unpaired) electrons. The Bertz CT molecular complexity index is 482. The maximum Gasteiger partial charge on any atom is 0.328 e. The lowest BCUT2D eigenvalue weighted by atomic mass is 9.98. The molecule has 0 saturated heterocycles. The Hall–Kier alpha value is -1.36. The molecule has 1 amide bonds. The highest BCUT2D eigenvalue weighted by molar-refractivity contribution is 9.10. The molecule has 1 N–H and O–H groups in total. The average Bonchev–Trinajstić information content (AvgIpc) is 2.41. The van der Waals surface area contributed by atoms with Gasteiger partial charge in [0, 0.05) is 10.0 Å². The number of carbonyl (C=O) groups excluding carboxylic acids is 2. The van der Waals surface area contributed by atoms with E-state index in [2.05, 4.69) is 21.2 Å². The van der Waals surface area contributed by atoms with Crippen LogP contribution in [0.25, 0.3) is 0 Å². The summed E-state index contributed by atoms with van der Waals surface area (Å²) in [5, 5.41) is 2.75. The Morgan fingerprint density at radius 2 is 2.00 bits per heavy atom. The molecule has 5 heteroatoms. The third-order valence-electron chi connectivity index (χ3n) is 3.26. The molecule has 2 atom stereocenters. The van der Waals surface area contributed by atoms with Crippen LogP contribution in [0.2, 0.25) is 0 Å². The number of rotatable bonds is 5. The number of hydrogen-bond donors (Lipinski definition) is 1. The van der Waals surface area contributed by atoms with Gasteiger partial charge in [0.2, 0.25) is 0 Å². The van der Waals surface area contributed by atoms with Gasteiger partial charge in [-0.25, -0.2) is 4.79 Å². The standard InChI is InChI=1S/C15H20BrNO3/c1-5-10(3)13(15(19)20-4)17-14(18)11-6-9(2)7-12(16)8-11/h6-8,10,13H,5H2,1-4H3,(H,17,18). The molecule has 4 nitrogen and oxygen atoms in total. The zero-order chi connectivity index (χ0) is 15.3. The highest BCUT2D eigenvalue weighted by Gasteiger charge is 2.27. The summed E-state index contributed by atoms with van der Waals surface area (Å²) in [7, 11) is 1.33. The summed E-state index contributed by atoms with van der Waals surface area (Å²) < 4.78 is 5.59. The van der Waals surface area contributed by atoms with E-state index in [9.17, 15) is 9.59 Å². The van der Waals surface area contributed by atoms with Crippen LogP contribution in [0.5, 0.6) is 0 Å². The van der Waals surface area contributed by atoms with Gasteiger partial charge in [-0.1, -0.05) is 36.2 Å². The molecule has 0 aliphatic heterocycles. The fourth-order valence-corrected chi connectivity index (χ4v) is 2.50. The molecule has 0 bridgehead atoms. The molecule has 1 rings (SSSR count). The molecular weight excluding hydrogens is 322 g/mol. The fraction of sp³-hybridized carbons (Fsp3) is 0.467. The first-order valence-corrected chi connectivity index (χ1v) is 7.34. The lowest BCUT2D eigenvalue weighted by molar-refractivity contribution is -0.144. The second-order valence-corrected chi connectivity index (χ2v) is 5.79. The summed E-state index contributed by atoms with van der Waals surface area (Å²) in [5.74, 6) is -0.677. The summed E-state index contributed by atoms with van der Waals surface area (Å²) in [6.07, 6.45) is 0.775. The van der Waals surface area contributed by atoms with E-state index in [1.165, 1.54) is 7.11 Å². The highest BCUT2D eigenvalue weighted by atomic mass is 79.9. The molecule has 0 heterocycles. The molecule has 0 aliphatic rings. The summed E-state index contributed by atoms with van der Waals surface area (Å²) in [6, 6.07) is 4.80. The monoisotopic (exact) mass is 341 g/mol. The van der Waals surface area contributed by atoms with E-state index in [1.807, 2.05) is 26.8 Å². The van der Waals surface area contributed by atoms with Crippen LogP contribution >= 0.6 is 15.9 Å². The Morgan fingerprint density at radius 3 is 2.50 bits per heavy atom. The van der Waals surface area contributed by atoms with Gasteiger partial charge in [0.15, 0.2) is 0 Å². The van der Waals surface area contributed by atoms with E-state index in [-0.39, 0.29) is 11.8 Å². The molecule has 20 heavy (non-hydrogen) atoms. The second-order valence-electron chi connectivity index (χ2n) is 4.88. The zero-order valence-corrected chi connectivity index (χ0v) is 13.8. The number of amides is 1. The second kappa shape index (κ2) is 7.43. The first kappa shape index (κ1) is 16.7. The van der Waals surface area contributed by atoms with Crippen molar-refractivity contribution < 1.29 is 14.3 Å². The Labute approximate surface area is 128 Å². The summed E-state index contributed by atoms with van der Waals surface area (Å²) in [4.78, 5) is 24.0. The number of hydrogen-bond acceptors (Lipinski definition) is 3. The minimum atomic E-state index is -0.628. The minimum Gasteiger partial charge on any atom is -0.467 e. The topological polar surface area (TPSA) is 55.4 Å². The van der Waals surface area contributed by atoms with Crippen molar-refractivity contribution in [3.63, 3.8) is 0 Å². The van der Waals surface area contributed by atoms with Crippen molar-refractivity contribution >= 4 is 27.8 Å². The number of ether oxygens (including phenoxy) is 1. The van der Waals surface area contributed by atoms with Gasteiger partial charge in [0.1, 0.15) is 6.04 Å². The maximum atomic E-state index is 12.3. The van der Waals surface area contributed by atoms with Crippen LogP contribution in [0.4, 0.5) is 0 Å². The average molecular weight is 342 g/mol. The van der Waals surface area contributed by atoms with Crippen LogP contribution in [0.1, 0.15) is 36.2 Å². The number of carbonyl (C=O) groups is 2.